The van der Waals surface area contributed by atoms with E-state index in [1.165, 1.54) is 0 Å². The van der Waals surface area contributed by atoms with Gasteiger partial charge in [-0.15, -0.1) is 0 Å². The van der Waals surface area contributed by atoms with Crippen molar-refractivity contribution in [2.45, 2.75) is 52.7 Å². The van der Waals surface area contributed by atoms with Crippen LogP contribution in [-0.2, 0) is 0 Å². The average Bonchev–Trinajstić information content (AvgIpc) is 1.83. The second-order valence-electron chi connectivity index (χ2n) is 4.41. The van der Waals surface area contributed by atoms with E-state index >= 15 is 0 Å². The Labute approximate surface area is 69.8 Å². The molecule has 2 atom stereocenters. The van der Waals surface area contributed by atoms with Gasteiger partial charge in [-0.05, 0) is 18.8 Å². The number of nitrogens with two attached hydrogens (primary N) is 1. The molecule has 0 aliphatic heterocycles. The van der Waals surface area contributed by atoms with E-state index in [4.69, 9.17) is 5.73 Å². The van der Waals surface area contributed by atoms with Crippen LogP contribution in [0.5, 0.6) is 0 Å². The molecule has 0 spiro atoms. The molecule has 2 heteroatoms. The normalized spacial score (nSPS) is 21.0. The quantitative estimate of drug-likeness (QED) is 0.641. The Bertz CT molecular complexity index is 124. The van der Waals surface area contributed by atoms with Gasteiger partial charge in [0.2, 0.25) is 0 Å². The van der Waals surface area contributed by atoms with Crippen molar-refractivity contribution in [1.29, 1.82) is 0 Å². The second-order valence-corrected chi connectivity index (χ2v) is 4.41. The third-order valence-electron chi connectivity index (χ3n) is 2.68. The van der Waals surface area contributed by atoms with E-state index < -0.39 is 5.60 Å². The minimum absolute atomic E-state index is 0.137. The van der Waals surface area contributed by atoms with Crippen molar-refractivity contribution in [2.75, 3.05) is 0 Å². The third-order valence-corrected chi connectivity index (χ3v) is 2.68. The van der Waals surface area contributed by atoms with E-state index in [0.29, 0.717) is 0 Å². The number of hydrogen-bond donors (Lipinski definition) is 2. The van der Waals surface area contributed by atoms with Crippen molar-refractivity contribution < 1.29 is 5.11 Å². The lowest BCUT2D eigenvalue weighted by molar-refractivity contribution is -0.0625. The van der Waals surface area contributed by atoms with Gasteiger partial charge in [0, 0.05) is 6.04 Å². The Kier molecular flexibility index (Phi) is 3.09. The fourth-order valence-electron chi connectivity index (χ4n) is 0.954. The highest BCUT2D eigenvalue weighted by molar-refractivity contribution is 4.94. The zero-order chi connectivity index (χ0) is 9.28. The number of aliphatic hydroxyl groups is 1. The summed E-state index contributed by atoms with van der Waals surface area (Å²) in [7, 11) is 0. The van der Waals surface area contributed by atoms with Crippen LogP contribution >= 0.6 is 0 Å². The van der Waals surface area contributed by atoms with Crippen LogP contribution in [0.3, 0.4) is 0 Å². The van der Waals surface area contributed by atoms with Gasteiger partial charge < -0.3 is 10.8 Å². The van der Waals surface area contributed by atoms with Crippen LogP contribution in [0.15, 0.2) is 0 Å². The summed E-state index contributed by atoms with van der Waals surface area (Å²) in [6, 6.07) is -0.137. The summed E-state index contributed by atoms with van der Waals surface area (Å²) in [5, 5.41) is 9.99. The maximum atomic E-state index is 9.99. The molecule has 11 heavy (non-hydrogen) atoms. The van der Waals surface area contributed by atoms with Gasteiger partial charge in [0.25, 0.3) is 0 Å². The first-order chi connectivity index (χ1) is 4.73. The molecule has 0 aliphatic carbocycles. The smallest absolute Gasteiger partial charge is 0.0817 e. The first-order valence-electron chi connectivity index (χ1n) is 4.21. The van der Waals surface area contributed by atoms with Gasteiger partial charge in [0.1, 0.15) is 0 Å². The number of rotatable bonds is 2. The molecule has 0 heterocycles. The zero-order valence-electron chi connectivity index (χ0n) is 8.31. The van der Waals surface area contributed by atoms with Crippen LogP contribution in [0, 0.1) is 5.41 Å². The highest BCUT2D eigenvalue weighted by Crippen LogP contribution is 2.32. The SMILES string of the molecule is CCC(N)[C@](C)(O)C(C)(C)C. The van der Waals surface area contributed by atoms with Crippen LogP contribution in [0.2, 0.25) is 0 Å². The lowest BCUT2D eigenvalue weighted by atomic mass is 9.73. The maximum Gasteiger partial charge on any atom is 0.0817 e. The summed E-state index contributed by atoms with van der Waals surface area (Å²) in [6.45, 7) is 9.81. The van der Waals surface area contributed by atoms with Crippen LogP contribution in [0.4, 0.5) is 0 Å². The number of hydrogen-bond acceptors (Lipinski definition) is 2. The van der Waals surface area contributed by atoms with Crippen LogP contribution in [0.1, 0.15) is 41.0 Å². The lowest BCUT2D eigenvalue weighted by Crippen LogP contribution is -2.53. The van der Waals surface area contributed by atoms with Crippen molar-refractivity contribution in [3.8, 4) is 0 Å². The minimum atomic E-state index is -0.776. The van der Waals surface area contributed by atoms with Gasteiger partial charge in [-0.1, -0.05) is 27.7 Å². The van der Waals surface area contributed by atoms with Crippen molar-refractivity contribution in [3.63, 3.8) is 0 Å². The Morgan fingerprint density at radius 2 is 1.64 bits per heavy atom. The molecule has 2 nitrogen and oxygen atoms in total. The van der Waals surface area contributed by atoms with Crippen molar-refractivity contribution in [1.82, 2.24) is 0 Å². The summed E-state index contributed by atoms with van der Waals surface area (Å²) in [5.74, 6) is 0. The summed E-state index contributed by atoms with van der Waals surface area (Å²) in [4.78, 5) is 0. The molecule has 0 aromatic rings. The first kappa shape index (κ1) is 10.9. The Morgan fingerprint density at radius 3 is 1.73 bits per heavy atom. The van der Waals surface area contributed by atoms with Gasteiger partial charge >= 0.3 is 0 Å². The Balaban J connectivity index is 4.45. The molecule has 0 aliphatic rings. The van der Waals surface area contributed by atoms with Crippen molar-refractivity contribution >= 4 is 0 Å². The standard InChI is InChI=1S/C9H21NO/c1-6-7(10)9(5,11)8(2,3)4/h7,11H,6,10H2,1-5H3/t7?,9-/m0/s1. The predicted octanol–water partition coefficient (Wildman–Crippen LogP) is 1.52. The fourth-order valence-corrected chi connectivity index (χ4v) is 0.954. The molecule has 0 amide bonds. The Morgan fingerprint density at radius 1 is 1.27 bits per heavy atom. The summed E-state index contributed by atoms with van der Waals surface area (Å²) in [5.41, 5.74) is 4.86. The molecule has 3 N–H and O–H groups in total. The largest absolute Gasteiger partial charge is 0.388 e. The predicted molar refractivity (Wildman–Crippen MR) is 48.3 cm³/mol. The lowest BCUT2D eigenvalue weighted by Gasteiger charge is -2.41. The van der Waals surface area contributed by atoms with E-state index in [1.807, 2.05) is 27.7 Å². The molecule has 0 saturated carbocycles. The first-order valence-corrected chi connectivity index (χ1v) is 4.21. The fraction of sp³-hybridized carbons (Fsp3) is 1.00. The van der Waals surface area contributed by atoms with Crippen LogP contribution in [-0.4, -0.2) is 16.7 Å². The zero-order valence-corrected chi connectivity index (χ0v) is 8.31. The summed E-state index contributed by atoms with van der Waals surface area (Å²) in [6.07, 6.45) is 0.810. The average molecular weight is 159 g/mol. The molecule has 1 unspecified atom stereocenters. The molecule has 0 fully saturated rings. The van der Waals surface area contributed by atoms with Gasteiger partial charge in [-0.2, -0.15) is 0 Å². The van der Waals surface area contributed by atoms with Crippen LogP contribution < -0.4 is 5.73 Å². The van der Waals surface area contributed by atoms with E-state index in [-0.39, 0.29) is 11.5 Å². The highest BCUT2D eigenvalue weighted by Gasteiger charge is 2.39. The highest BCUT2D eigenvalue weighted by atomic mass is 16.3. The van der Waals surface area contributed by atoms with E-state index in [9.17, 15) is 5.11 Å². The molecular weight excluding hydrogens is 138 g/mol. The molecule has 0 bridgehead atoms. The van der Waals surface area contributed by atoms with E-state index in [2.05, 4.69) is 0 Å². The molecule has 0 radical (unpaired) electrons. The molecular formula is C9H21NO. The Hall–Kier alpha value is -0.0800. The van der Waals surface area contributed by atoms with E-state index in [0.717, 1.165) is 6.42 Å². The minimum Gasteiger partial charge on any atom is -0.388 e. The van der Waals surface area contributed by atoms with Gasteiger partial charge in [0.15, 0.2) is 0 Å². The maximum absolute atomic E-state index is 9.99. The van der Waals surface area contributed by atoms with Gasteiger partial charge in [-0.3, -0.25) is 0 Å². The summed E-state index contributed by atoms with van der Waals surface area (Å²) < 4.78 is 0. The summed E-state index contributed by atoms with van der Waals surface area (Å²) >= 11 is 0. The van der Waals surface area contributed by atoms with Crippen molar-refractivity contribution in [3.05, 3.63) is 0 Å². The van der Waals surface area contributed by atoms with Gasteiger partial charge in [-0.25, -0.2) is 0 Å². The second kappa shape index (κ2) is 3.11. The van der Waals surface area contributed by atoms with E-state index in [1.54, 1.807) is 6.92 Å². The topological polar surface area (TPSA) is 46.2 Å². The third kappa shape index (κ3) is 2.17. The monoisotopic (exact) mass is 159 g/mol. The van der Waals surface area contributed by atoms with Crippen LogP contribution in [0.25, 0.3) is 0 Å². The molecule has 0 aromatic heterocycles. The molecule has 0 rings (SSSR count). The molecule has 0 aromatic carbocycles. The molecule has 0 saturated heterocycles. The van der Waals surface area contributed by atoms with Crippen molar-refractivity contribution in [2.24, 2.45) is 11.1 Å². The van der Waals surface area contributed by atoms with Gasteiger partial charge in [0.05, 0.1) is 5.60 Å². The molecule has 68 valence electrons.